The molecule has 3 heterocycles. The van der Waals surface area contributed by atoms with Crippen LogP contribution in [0.2, 0.25) is 0 Å². The maximum Gasteiger partial charge on any atom is 0.246 e. The van der Waals surface area contributed by atoms with Crippen LogP contribution in [0.3, 0.4) is 0 Å². The third-order valence-corrected chi connectivity index (χ3v) is 3.28. The Balaban J connectivity index is 1.71. The van der Waals surface area contributed by atoms with Crippen molar-refractivity contribution in [1.82, 2.24) is 14.5 Å². The summed E-state index contributed by atoms with van der Waals surface area (Å²) in [4.78, 5) is 20.3. The van der Waals surface area contributed by atoms with E-state index in [9.17, 15) is 4.79 Å². The van der Waals surface area contributed by atoms with Gasteiger partial charge in [0.1, 0.15) is 17.7 Å². The molecule has 7 heteroatoms. The monoisotopic (exact) mass is 273 g/mol. The van der Waals surface area contributed by atoms with E-state index in [0.717, 1.165) is 5.82 Å². The van der Waals surface area contributed by atoms with Crippen molar-refractivity contribution in [1.29, 1.82) is 0 Å². The Morgan fingerprint density at radius 2 is 2.40 bits per heavy atom. The number of rotatable bonds is 3. The molecule has 2 aromatic heterocycles. The molecule has 0 bridgehead atoms. The Hall–Kier alpha value is -2.25. The summed E-state index contributed by atoms with van der Waals surface area (Å²) in [6.07, 6.45) is 7.25. The van der Waals surface area contributed by atoms with Crippen LogP contribution in [0.4, 0.5) is 5.69 Å². The highest BCUT2D eigenvalue weighted by molar-refractivity contribution is 5.98. The van der Waals surface area contributed by atoms with Gasteiger partial charge < -0.3 is 15.8 Å². The lowest BCUT2D eigenvalue weighted by Crippen LogP contribution is -2.51. The fourth-order valence-corrected chi connectivity index (χ4v) is 2.02. The van der Waals surface area contributed by atoms with Gasteiger partial charge in [-0.2, -0.15) is 0 Å². The Morgan fingerprint density at radius 1 is 1.50 bits per heavy atom. The Kier molecular flexibility index (Phi) is 3.21. The number of ether oxygens (including phenoxy) is 1. The lowest BCUT2D eigenvalue weighted by atomic mass is 9.99. The topological polar surface area (TPSA) is 95.1 Å². The van der Waals surface area contributed by atoms with E-state index in [1.54, 1.807) is 41.6 Å². The highest BCUT2D eigenvalue weighted by Crippen LogP contribution is 2.18. The normalized spacial score (nSPS) is 21.9. The molecule has 2 aromatic rings. The van der Waals surface area contributed by atoms with Gasteiger partial charge in [-0.05, 0) is 18.6 Å². The summed E-state index contributed by atoms with van der Waals surface area (Å²) >= 11 is 0. The van der Waals surface area contributed by atoms with E-state index < -0.39 is 5.54 Å². The largest absolute Gasteiger partial charge is 0.379 e. The zero-order chi connectivity index (χ0) is 14.0. The summed E-state index contributed by atoms with van der Waals surface area (Å²) in [5.74, 6) is 0.486. The molecule has 7 nitrogen and oxygen atoms in total. The van der Waals surface area contributed by atoms with Gasteiger partial charge in [0.15, 0.2) is 0 Å². The molecule has 1 aliphatic rings. The highest BCUT2D eigenvalue weighted by atomic mass is 16.5. The molecule has 0 spiro atoms. The smallest absolute Gasteiger partial charge is 0.246 e. The van der Waals surface area contributed by atoms with E-state index in [0.29, 0.717) is 18.7 Å². The first-order chi connectivity index (χ1) is 9.67. The first kappa shape index (κ1) is 12.8. The summed E-state index contributed by atoms with van der Waals surface area (Å²) < 4.78 is 6.95. The second kappa shape index (κ2) is 5.03. The quantitative estimate of drug-likeness (QED) is 0.840. The van der Waals surface area contributed by atoms with Crippen molar-refractivity contribution in [2.45, 2.75) is 12.0 Å². The SMILES string of the molecule is NC1(C(=O)Nc2ccc(-n3ccnc3)nc2)CCOC1. The van der Waals surface area contributed by atoms with Crippen LogP contribution in [-0.4, -0.2) is 39.2 Å². The van der Waals surface area contributed by atoms with Gasteiger partial charge in [0.25, 0.3) is 0 Å². The van der Waals surface area contributed by atoms with Gasteiger partial charge in [-0.15, -0.1) is 0 Å². The average molecular weight is 273 g/mol. The minimum absolute atomic E-state index is 0.243. The van der Waals surface area contributed by atoms with E-state index >= 15 is 0 Å². The zero-order valence-electron chi connectivity index (χ0n) is 10.8. The summed E-state index contributed by atoms with van der Waals surface area (Å²) in [6, 6.07) is 3.57. The average Bonchev–Trinajstić information content (AvgIpc) is 3.11. The van der Waals surface area contributed by atoms with Crippen LogP contribution in [0, 0.1) is 0 Å². The number of anilines is 1. The van der Waals surface area contributed by atoms with Crippen molar-refractivity contribution in [3.63, 3.8) is 0 Å². The molecule has 104 valence electrons. The lowest BCUT2D eigenvalue weighted by molar-refractivity contribution is -0.121. The van der Waals surface area contributed by atoms with E-state index in [4.69, 9.17) is 10.5 Å². The number of hydrogen-bond acceptors (Lipinski definition) is 5. The van der Waals surface area contributed by atoms with Crippen LogP contribution in [0.5, 0.6) is 0 Å². The molecule has 1 saturated heterocycles. The number of hydrogen-bond donors (Lipinski definition) is 2. The van der Waals surface area contributed by atoms with Gasteiger partial charge in [0.2, 0.25) is 5.91 Å². The molecule has 20 heavy (non-hydrogen) atoms. The van der Waals surface area contributed by atoms with Crippen molar-refractivity contribution >= 4 is 11.6 Å². The van der Waals surface area contributed by atoms with Crippen molar-refractivity contribution in [2.75, 3.05) is 18.5 Å². The highest BCUT2D eigenvalue weighted by Gasteiger charge is 2.38. The predicted octanol–water partition coefficient (Wildman–Crippen LogP) is 0.324. The maximum absolute atomic E-state index is 12.1. The molecular weight excluding hydrogens is 258 g/mol. The number of nitrogens with zero attached hydrogens (tertiary/aromatic N) is 3. The number of nitrogens with two attached hydrogens (primary N) is 1. The van der Waals surface area contributed by atoms with Crippen LogP contribution < -0.4 is 11.1 Å². The van der Waals surface area contributed by atoms with Gasteiger partial charge in [0.05, 0.1) is 18.5 Å². The van der Waals surface area contributed by atoms with Gasteiger partial charge >= 0.3 is 0 Å². The summed E-state index contributed by atoms with van der Waals surface area (Å²) in [5, 5.41) is 2.77. The van der Waals surface area contributed by atoms with E-state index in [-0.39, 0.29) is 12.5 Å². The van der Waals surface area contributed by atoms with Crippen molar-refractivity contribution < 1.29 is 9.53 Å². The molecule has 1 fully saturated rings. The summed E-state index contributed by atoms with van der Waals surface area (Å²) in [5.41, 5.74) is 5.65. The molecule has 1 unspecified atom stereocenters. The molecular formula is C13H15N5O2. The van der Waals surface area contributed by atoms with Crippen LogP contribution in [0.25, 0.3) is 5.82 Å². The number of pyridine rings is 1. The first-order valence-electron chi connectivity index (χ1n) is 6.30. The minimum Gasteiger partial charge on any atom is -0.379 e. The number of nitrogens with one attached hydrogen (secondary N) is 1. The van der Waals surface area contributed by atoms with Crippen molar-refractivity contribution in [3.05, 3.63) is 37.1 Å². The molecule has 1 atom stereocenters. The van der Waals surface area contributed by atoms with Crippen molar-refractivity contribution in [3.8, 4) is 5.82 Å². The maximum atomic E-state index is 12.1. The fourth-order valence-electron chi connectivity index (χ4n) is 2.02. The fraction of sp³-hybridized carbons (Fsp3) is 0.308. The molecule has 0 saturated carbocycles. The van der Waals surface area contributed by atoms with E-state index in [1.807, 2.05) is 0 Å². The number of amides is 1. The van der Waals surface area contributed by atoms with Gasteiger partial charge in [-0.25, -0.2) is 9.97 Å². The Bertz CT molecular complexity index is 588. The van der Waals surface area contributed by atoms with E-state index in [2.05, 4.69) is 15.3 Å². The molecule has 3 N–H and O–H groups in total. The molecule has 3 rings (SSSR count). The van der Waals surface area contributed by atoms with Crippen LogP contribution in [-0.2, 0) is 9.53 Å². The summed E-state index contributed by atoms with van der Waals surface area (Å²) in [6.45, 7) is 0.765. The molecule has 1 aliphatic heterocycles. The third kappa shape index (κ3) is 2.40. The van der Waals surface area contributed by atoms with Gasteiger partial charge in [-0.1, -0.05) is 0 Å². The van der Waals surface area contributed by atoms with Crippen LogP contribution in [0.15, 0.2) is 37.1 Å². The first-order valence-corrected chi connectivity index (χ1v) is 6.30. The molecule has 1 amide bonds. The standard InChI is InChI=1S/C13H15N5O2/c14-13(3-6-20-8-13)12(19)17-10-1-2-11(16-7-10)18-5-4-15-9-18/h1-2,4-5,7,9H,3,6,8,14H2,(H,17,19). The molecule has 0 radical (unpaired) electrons. The number of aromatic nitrogens is 3. The zero-order valence-corrected chi connectivity index (χ0v) is 10.8. The minimum atomic E-state index is -0.941. The van der Waals surface area contributed by atoms with Crippen LogP contribution >= 0.6 is 0 Å². The Morgan fingerprint density at radius 3 is 3.00 bits per heavy atom. The second-order valence-electron chi connectivity index (χ2n) is 4.79. The number of carbonyl (C=O) groups is 1. The van der Waals surface area contributed by atoms with Gasteiger partial charge in [-0.3, -0.25) is 9.36 Å². The van der Waals surface area contributed by atoms with E-state index in [1.165, 1.54) is 0 Å². The third-order valence-electron chi connectivity index (χ3n) is 3.28. The predicted molar refractivity (Wildman–Crippen MR) is 72.3 cm³/mol. The van der Waals surface area contributed by atoms with Gasteiger partial charge in [0, 0.05) is 19.0 Å². The van der Waals surface area contributed by atoms with Crippen LogP contribution in [0.1, 0.15) is 6.42 Å². The lowest BCUT2D eigenvalue weighted by Gasteiger charge is -2.20. The second-order valence-corrected chi connectivity index (χ2v) is 4.79. The summed E-state index contributed by atoms with van der Waals surface area (Å²) in [7, 11) is 0. The Labute approximate surface area is 115 Å². The molecule has 0 aromatic carbocycles. The van der Waals surface area contributed by atoms with Crippen molar-refractivity contribution in [2.24, 2.45) is 5.73 Å². The number of imidazole rings is 1. The molecule has 0 aliphatic carbocycles. The number of carbonyl (C=O) groups excluding carboxylic acids is 1.